The summed E-state index contributed by atoms with van der Waals surface area (Å²) >= 11 is 11.6. The van der Waals surface area contributed by atoms with Crippen molar-refractivity contribution in [2.45, 2.75) is 17.9 Å². The number of amides is 2. The minimum absolute atomic E-state index is 0.0389. The predicted octanol–water partition coefficient (Wildman–Crippen LogP) is 3.78. The van der Waals surface area contributed by atoms with Crippen LogP contribution in [0.15, 0.2) is 58.6 Å². The van der Waals surface area contributed by atoms with E-state index < -0.39 is 39.4 Å². The molecule has 0 aliphatic carbocycles. The largest absolute Gasteiger partial charge is 0.463 e. The third-order valence-electron chi connectivity index (χ3n) is 4.44. The number of esters is 1. The molecule has 1 aliphatic heterocycles. The topological polar surface area (TPSA) is 102 Å². The molecule has 0 saturated heterocycles. The molecular weight excluding hydrogens is 470 g/mol. The highest BCUT2D eigenvalue weighted by molar-refractivity contribution is 7.91. The zero-order chi connectivity index (χ0) is 22.8. The van der Waals surface area contributed by atoms with Crippen molar-refractivity contribution < 1.29 is 27.1 Å². The predicted molar refractivity (Wildman–Crippen MR) is 113 cm³/mol. The number of carbonyl (C=O) groups is 2. The Morgan fingerprint density at radius 2 is 1.84 bits per heavy atom. The highest BCUT2D eigenvalue weighted by Crippen LogP contribution is 2.30. The summed E-state index contributed by atoms with van der Waals surface area (Å²) in [4.78, 5) is 24.7. The fourth-order valence-electron chi connectivity index (χ4n) is 3.03. The van der Waals surface area contributed by atoms with Gasteiger partial charge in [-0.05, 0) is 42.8 Å². The average Bonchev–Trinajstić information content (AvgIpc) is 2.70. The fraction of sp³-hybridized carbons (Fsp3) is 0.200. The van der Waals surface area contributed by atoms with E-state index in [1.807, 2.05) is 0 Å². The molecule has 31 heavy (non-hydrogen) atoms. The average molecular weight is 487 g/mol. The maximum Gasteiger partial charge on any atom is 0.338 e. The number of rotatable bonds is 6. The van der Waals surface area contributed by atoms with Crippen molar-refractivity contribution in [1.29, 1.82) is 0 Å². The Kier molecular flexibility index (Phi) is 6.88. The Labute approximate surface area is 188 Å². The highest BCUT2D eigenvalue weighted by Gasteiger charge is 2.35. The van der Waals surface area contributed by atoms with E-state index in [4.69, 9.17) is 27.9 Å². The van der Waals surface area contributed by atoms with Crippen molar-refractivity contribution in [2.24, 2.45) is 0 Å². The van der Waals surface area contributed by atoms with E-state index >= 15 is 0 Å². The van der Waals surface area contributed by atoms with Gasteiger partial charge in [0.2, 0.25) is 0 Å². The first kappa shape index (κ1) is 23.1. The number of carbonyl (C=O) groups excluding carboxylic acids is 2. The number of ether oxygens (including phenoxy) is 1. The van der Waals surface area contributed by atoms with E-state index in [1.165, 1.54) is 0 Å². The summed E-state index contributed by atoms with van der Waals surface area (Å²) in [7, 11) is -4.10. The number of benzene rings is 2. The van der Waals surface area contributed by atoms with Crippen molar-refractivity contribution in [3.63, 3.8) is 0 Å². The number of hydrogen-bond acceptors (Lipinski definition) is 5. The number of halogens is 3. The minimum atomic E-state index is -4.10. The lowest BCUT2D eigenvalue weighted by Crippen LogP contribution is -2.47. The zero-order valence-electron chi connectivity index (χ0n) is 16.1. The Morgan fingerprint density at radius 1 is 1.16 bits per heavy atom. The standard InChI is InChI=1S/C20H17Cl2FN2O5S/c1-2-30-19(26)17-16(10-31(28,29)13-7-8-15(23)14(22)9-13)24-20(27)25-18(17)11-3-5-12(21)6-4-11/h3-9,18H,2,10H2,1H3,(H2,24,25,27)/t18-/m1/s1. The Hall–Kier alpha value is -2.62. The maximum absolute atomic E-state index is 13.4. The summed E-state index contributed by atoms with van der Waals surface area (Å²) in [6.45, 7) is 1.64. The molecule has 2 amide bonds. The molecule has 11 heteroatoms. The summed E-state index contributed by atoms with van der Waals surface area (Å²) in [6.07, 6.45) is 0. The Morgan fingerprint density at radius 3 is 2.45 bits per heavy atom. The second-order valence-corrected chi connectivity index (χ2v) is 9.36. The van der Waals surface area contributed by atoms with Crippen LogP contribution >= 0.6 is 23.2 Å². The number of sulfone groups is 1. The van der Waals surface area contributed by atoms with E-state index in [-0.39, 0.29) is 27.8 Å². The quantitative estimate of drug-likeness (QED) is 0.477. The third-order valence-corrected chi connectivity index (χ3v) is 6.62. The van der Waals surface area contributed by atoms with Crippen molar-refractivity contribution in [3.05, 3.63) is 75.2 Å². The second-order valence-electron chi connectivity index (χ2n) is 6.53. The fourth-order valence-corrected chi connectivity index (χ4v) is 4.75. The van der Waals surface area contributed by atoms with Crippen LogP contribution in [0.25, 0.3) is 0 Å². The van der Waals surface area contributed by atoms with Crippen molar-refractivity contribution in [2.75, 3.05) is 12.4 Å². The van der Waals surface area contributed by atoms with Crippen LogP contribution in [0.2, 0.25) is 10.0 Å². The van der Waals surface area contributed by atoms with E-state index in [9.17, 15) is 22.4 Å². The normalized spacial score (nSPS) is 16.5. The number of urea groups is 1. The molecule has 0 saturated carbocycles. The lowest BCUT2D eigenvalue weighted by molar-refractivity contribution is -0.139. The summed E-state index contributed by atoms with van der Waals surface area (Å²) < 4.78 is 44.4. The summed E-state index contributed by atoms with van der Waals surface area (Å²) in [5.74, 6) is -2.30. The van der Waals surface area contributed by atoms with Crippen LogP contribution in [0.4, 0.5) is 9.18 Å². The third kappa shape index (κ3) is 5.17. The molecule has 0 aromatic heterocycles. The van der Waals surface area contributed by atoms with Gasteiger partial charge >= 0.3 is 12.0 Å². The lowest BCUT2D eigenvalue weighted by Gasteiger charge is -2.29. The molecule has 7 nitrogen and oxygen atoms in total. The van der Waals surface area contributed by atoms with Gasteiger partial charge in [0.05, 0.1) is 33.9 Å². The van der Waals surface area contributed by atoms with Gasteiger partial charge in [-0.25, -0.2) is 22.4 Å². The first-order chi connectivity index (χ1) is 14.6. The van der Waals surface area contributed by atoms with Gasteiger partial charge in [-0.1, -0.05) is 35.3 Å². The van der Waals surface area contributed by atoms with Gasteiger partial charge in [0, 0.05) is 10.7 Å². The van der Waals surface area contributed by atoms with Gasteiger partial charge in [-0.15, -0.1) is 0 Å². The van der Waals surface area contributed by atoms with Gasteiger partial charge in [0.25, 0.3) is 0 Å². The van der Waals surface area contributed by atoms with E-state index in [0.29, 0.717) is 10.6 Å². The molecule has 1 heterocycles. The molecule has 0 bridgehead atoms. The molecule has 2 aromatic rings. The molecule has 164 valence electrons. The van der Waals surface area contributed by atoms with Crippen molar-refractivity contribution in [1.82, 2.24) is 10.6 Å². The molecule has 2 N–H and O–H groups in total. The first-order valence-corrected chi connectivity index (χ1v) is 11.4. The Bertz CT molecular complexity index is 1170. The molecule has 0 spiro atoms. The summed E-state index contributed by atoms with van der Waals surface area (Å²) in [6, 6.07) is 7.63. The number of nitrogens with one attached hydrogen (secondary N) is 2. The minimum Gasteiger partial charge on any atom is -0.463 e. The van der Waals surface area contributed by atoms with Crippen LogP contribution in [-0.4, -0.2) is 32.8 Å². The van der Waals surface area contributed by atoms with Gasteiger partial charge in [0.1, 0.15) is 5.82 Å². The highest BCUT2D eigenvalue weighted by atomic mass is 35.5. The molecule has 0 radical (unpaired) electrons. The van der Waals surface area contributed by atoms with Crippen LogP contribution in [0.3, 0.4) is 0 Å². The van der Waals surface area contributed by atoms with Crippen LogP contribution in [-0.2, 0) is 19.4 Å². The zero-order valence-corrected chi connectivity index (χ0v) is 18.4. The van der Waals surface area contributed by atoms with Gasteiger partial charge in [0.15, 0.2) is 9.84 Å². The smallest absolute Gasteiger partial charge is 0.338 e. The van der Waals surface area contributed by atoms with Crippen LogP contribution in [0.5, 0.6) is 0 Å². The number of hydrogen-bond donors (Lipinski definition) is 2. The van der Waals surface area contributed by atoms with Gasteiger partial charge in [-0.3, -0.25) is 0 Å². The van der Waals surface area contributed by atoms with E-state index in [0.717, 1.165) is 18.2 Å². The molecule has 0 fully saturated rings. The molecule has 3 rings (SSSR count). The Balaban J connectivity index is 2.10. The molecular formula is C20H17Cl2FN2O5S. The SMILES string of the molecule is CCOC(=O)C1=C(CS(=O)(=O)c2ccc(F)c(Cl)c2)NC(=O)N[C@@H]1c1ccc(Cl)cc1. The molecule has 1 aliphatic rings. The van der Waals surface area contributed by atoms with Crippen molar-refractivity contribution >= 4 is 45.0 Å². The lowest BCUT2D eigenvalue weighted by atomic mass is 9.95. The van der Waals surface area contributed by atoms with Gasteiger partial charge in [-0.2, -0.15) is 0 Å². The van der Waals surface area contributed by atoms with Crippen LogP contribution in [0, 0.1) is 5.82 Å². The first-order valence-electron chi connectivity index (χ1n) is 9.03. The molecule has 1 atom stereocenters. The van der Waals surface area contributed by atoms with E-state index in [2.05, 4.69) is 10.6 Å². The maximum atomic E-state index is 13.4. The second kappa shape index (κ2) is 9.25. The van der Waals surface area contributed by atoms with Crippen molar-refractivity contribution in [3.8, 4) is 0 Å². The summed E-state index contributed by atoms with van der Waals surface area (Å²) in [5, 5.41) is 5.06. The summed E-state index contributed by atoms with van der Waals surface area (Å²) in [5.41, 5.74) is 0.283. The molecule has 2 aromatic carbocycles. The van der Waals surface area contributed by atoms with Crippen LogP contribution in [0.1, 0.15) is 18.5 Å². The van der Waals surface area contributed by atoms with Gasteiger partial charge < -0.3 is 15.4 Å². The van der Waals surface area contributed by atoms with E-state index in [1.54, 1.807) is 31.2 Å². The molecule has 0 unspecified atom stereocenters. The monoisotopic (exact) mass is 486 g/mol. The van der Waals surface area contributed by atoms with Crippen LogP contribution < -0.4 is 10.6 Å².